The fraction of sp³-hybridized carbons (Fsp3) is 0.429. The topological polar surface area (TPSA) is 33.2 Å². The Balaban J connectivity index is 1.95. The van der Waals surface area contributed by atoms with Gasteiger partial charge >= 0.3 is 0 Å². The van der Waals surface area contributed by atoms with Crippen molar-refractivity contribution in [2.24, 2.45) is 0 Å². The summed E-state index contributed by atoms with van der Waals surface area (Å²) in [4.78, 5) is 18.6. The van der Waals surface area contributed by atoms with Crippen LogP contribution in [0.2, 0.25) is 0 Å². The van der Waals surface area contributed by atoms with E-state index in [-0.39, 0.29) is 11.9 Å². The van der Waals surface area contributed by atoms with Crippen LogP contribution in [0.25, 0.3) is 10.2 Å². The van der Waals surface area contributed by atoms with Gasteiger partial charge in [0.05, 0.1) is 16.3 Å². The van der Waals surface area contributed by atoms with Crippen molar-refractivity contribution in [2.45, 2.75) is 32.2 Å². The summed E-state index contributed by atoms with van der Waals surface area (Å²) in [6.45, 7) is 2.81. The minimum absolute atomic E-state index is 0.204. The minimum Gasteiger partial charge on any atom is -0.333 e. The first-order valence-corrected chi connectivity index (χ1v) is 7.26. The van der Waals surface area contributed by atoms with Crippen molar-refractivity contribution in [1.82, 2.24) is 9.88 Å². The molecule has 0 spiro atoms. The van der Waals surface area contributed by atoms with Crippen LogP contribution in [0, 0.1) is 0 Å². The number of likely N-dealkylation sites (tertiary alicyclic amines) is 1. The van der Waals surface area contributed by atoms with Gasteiger partial charge in [-0.25, -0.2) is 4.98 Å². The van der Waals surface area contributed by atoms with E-state index in [0.717, 1.165) is 29.9 Å². The van der Waals surface area contributed by atoms with Gasteiger partial charge in [0.2, 0.25) is 5.91 Å². The second kappa shape index (κ2) is 4.69. The first-order valence-electron chi connectivity index (χ1n) is 6.44. The number of nitrogens with zero attached hydrogens (tertiary/aromatic N) is 2. The molecule has 2 aromatic rings. The molecule has 1 saturated heterocycles. The number of hydrogen-bond acceptors (Lipinski definition) is 3. The molecule has 4 heteroatoms. The van der Waals surface area contributed by atoms with Crippen molar-refractivity contribution in [3.05, 3.63) is 29.3 Å². The van der Waals surface area contributed by atoms with E-state index < -0.39 is 0 Å². The lowest BCUT2D eigenvalue weighted by Gasteiger charge is -2.22. The highest BCUT2D eigenvalue weighted by Crippen LogP contribution is 2.36. The second-order valence-electron chi connectivity index (χ2n) is 4.62. The Morgan fingerprint density at radius 3 is 3.11 bits per heavy atom. The summed E-state index contributed by atoms with van der Waals surface area (Å²) in [5.74, 6) is 0.247. The standard InChI is InChI=1S/C14H16N2OS/c1-2-13(17)16-9-5-7-11(16)14-15-10-6-3-4-8-12(10)18-14/h3-4,6,8,11H,2,5,7,9H2,1H3. The third kappa shape index (κ3) is 1.90. The molecule has 0 radical (unpaired) electrons. The maximum absolute atomic E-state index is 11.9. The smallest absolute Gasteiger partial charge is 0.222 e. The molecule has 0 bridgehead atoms. The number of carbonyl (C=O) groups is 1. The fourth-order valence-corrected chi connectivity index (χ4v) is 3.67. The van der Waals surface area contributed by atoms with Crippen LogP contribution in [0.15, 0.2) is 24.3 Å². The van der Waals surface area contributed by atoms with Gasteiger partial charge in [-0.05, 0) is 25.0 Å². The number of amides is 1. The number of para-hydroxylation sites is 1. The molecule has 1 unspecified atom stereocenters. The first kappa shape index (κ1) is 11.7. The van der Waals surface area contributed by atoms with Gasteiger partial charge in [0.25, 0.3) is 0 Å². The zero-order valence-electron chi connectivity index (χ0n) is 10.4. The van der Waals surface area contributed by atoms with Gasteiger partial charge in [-0.1, -0.05) is 19.1 Å². The summed E-state index contributed by atoms with van der Waals surface area (Å²) in [7, 11) is 0. The van der Waals surface area contributed by atoms with Crippen molar-refractivity contribution >= 4 is 27.5 Å². The van der Waals surface area contributed by atoms with Gasteiger partial charge in [-0.2, -0.15) is 0 Å². The monoisotopic (exact) mass is 260 g/mol. The van der Waals surface area contributed by atoms with Crippen molar-refractivity contribution in [1.29, 1.82) is 0 Å². The number of carbonyl (C=O) groups excluding carboxylic acids is 1. The van der Waals surface area contributed by atoms with Crippen LogP contribution in [0.4, 0.5) is 0 Å². The Kier molecular flexibility index (Phi) is 3.04. The number of aromatic nitrogens is 1. The molecule has 1 amide bonds. The lowest BCUT2D eigenvalue weighted by molar-refractivity contribution is -0.131. The van der Waals surface area contributed by atoms with E-state index >= 15 is 0 Å². The Hall–Kier alpha value is -1.42. The molecular weight excluding hydrogens is 244 g/mol. The SMILES string of the molecule is CCC(=O)N1CCCC1c1nc2ccccc2s1. The van der Waals surface area contributed by atoms with Crippen LogP contribution in [0.3, 0.4) is 0 Å². The number of fused-ring (bicyclic) bond motifs is 1. The molecule has 18 heavy (non-hydrogen) atoms. The molecule has 94 valence electrons. The van der Waals surface area contributed by atoms with E-state index in [2.05, 4.69) is 11.1 Å². The molecule has 1 aromatic carbocycles. The Labute approximate surface area is 110 Å². The van der Waals surface area contributed by atoms with E-state index in [0.29, 0.717) is 6.42 Å². The lowest BCUT2D eigenvalue weighted by Crippen LogP contribution is -2.29. The molecule has 0 N–H and O–H groups in total. The molecule has 1 aliphatic heterocycles. The van der Waals surface area contributed by atoms with Crippen LogP contribution >= 0.6 is 11.3 Å². The highest BCUT2D eigenvalue weighted by molar-refractivity contribution is 7.18. The molecule has 0 saturated carbocycles. The molecule has 0 aliphatic carbocycles. The van der Waals surface area contributed by atoms with Crippen LogP contribution in [0.5, 0.6) is 0 Å². The molecule has 1 atom stereocenters. The van der Waals surface area contributed by atoms with Crippen molar-refractivity contribution in [3.8, 4) is 0 Å². The Morgan fingerprint density at radius 1 is 1.50 bits per heavy atom. The van der Waals surface area contributed by atoms with Gasteiger partial charge in [0.1, 0.15) is 5.01 Å². The maximum Gasteiger partial charge on any atom is 0.222 e. The highest BCUT2D eigenvalue weighted by Gasteiger charge is 2.31. The van der Waals surface area contributed by atoms with Gasteiger partial charge in [0.15, 0.2) is 0 Å². The largest absolute Gasteiger partial charge is 0.333 e. The number of rotatable bonds is 2. The molecule has 3 nitrogen and oxygen atoms in total. The van der Waals surface area contributed by atoms with Crippen LogP contribution < -0.4 is 0 Å². The van der Waals surface area contributed by atoms with E-state index in [1.165, 1.54) is 4.70 Å². The molecule has 1 aliphatic rings. The lowest BCUT2D eigenvalue weighted by atomic mass is 10.2. The highest BCUT2D eigenvalue weighted by atomic mass is 32.1. The van der Waals surface area contributed by atoms with E-state index in [4.69, 9.17) is 0 Å². The second-order valence-corrected chi connectivity index (χ2v) is 5.68. The third-order valence-electron chi connectivity index (χ3n) is 3.47. The Morgan fingerprint density at radius 2 is 2.33 bits per heavy atom. The summed E-state index contributed by atoms with van der Waals surface area (Å²) >= 11 is 1.72. The summed E-state index contributed by atoms with van der Waals surface area (Å²) in [6, 6.07) is 8.38. The molecular formula is C14H16N2OS. The molecule has 3 rings (SSSR count). The number of hydrogen-bond donors (Lipinski definition) is 0. The minimum atomic E-state index is 0.204. The summed E-state index contributed by atoms with van der Waals surface area (Å²) < 4.78 is 1.21. The number of benzene rings is 1. The summed E-state index contributed by atoms with van der Waals surface area (Å²) in [6.07, 6.45) is 2.72. The average molecular weight is 260 g/mol. The zero-order chi connectivity index (χ0) is 12.5. The predicted octanol–water partition coefficient (Wildman–Crippen LogP) is 3.37. The molecule has 1 fully saturated rings. The van der Waals surface area contributed by atoms with E-state index in [1.807, 2.05) is 30.0 Å². The van der Waals surface area contributed by atoms with Gasteiger partial charge < -0.3 is 4.90 Å². The fourth-order valence-electron chi connectivity index (χ4n) is 2.56. The molecule has 1 aromatic heterocycles. The van der Waals surface area contributed by atoms with Crippen molar-refractivity contribution < 1.29 is 4.79 Å². The van der Waals surface area contributed by atoms with Gasteiger partial charge in [0, 0.05) is 13.0 Å². The van der Waals surface area contributed by atoms with Crippen LogP contribution in [-0.4, -0.2) is 22.3 Å². The maximum atomic E-state index is 11.9. The summed E-state index contributed by atoms with van der Waals surface area (Å²) in [5, 5.41) is 1.09. The molecule has 2 heterocycles. The normalized spacial score (nSPS) is 19.6. The van der Waals surface area contributed by atoms with Crippen LogP contribution in [-0.2, 0) is 4.79 Å². The van der Waals surface area contributed by atoms with Crippen molar-refractivity contribution in [2.75, 3.05) is 6.54 Å². The zero-order valence-corrected chi connectivity index (χ0v) is 11.2. The Bertz CT molecular complexity index is 545. The summed E-state index contributed by atoms with van der Waals surface area (Å²) in [5.41, 5.74) is 1.05. The van der Waals surface area contributed by atoms with Gasteiger partial charge in [-0.3, -0.25) is 4.79 Å². The third-order valence-corrected chi connectivity index (χ3v) is 4.61. The predicted molar refractivity (Wildman–Crippen MR) is 73.6 cm³/mol. The number of thiazole rings is 1. The van der Waals surface area contributed by atoms with Crippen LogP contribution in [0.1, 0.15) is 37.2 Å². The first-order chi connectivity index (χ1) is 8.79. The van der Waals surface area contributed by atoms with Gasteiger partial charge in [-0.15, -0.1) is 11.3 Å². The van der Waals surface area contributed by atoms with Crippen molar-refractivity contribution in [3.63, 3.8) is 0 Å². The van der Waals surface area contributed by atoms with E-state index in [9.17, 15) is 4.79 Å². The quantitative estimate of drug-likeness (QED) is 0.829. The van der Waals surface area contributed by atoms with E-state index in [1.54, 1.807) is 11.3 Å². The average Bonchev–Trinajstić information content (AvgIpc) is 3.03.